The highest BCUT2D eigenvalue weighted by Crippen LogP contribution is 2.18. The van der Waals surface area contributed by atoms with Crippen molar-refractivity contribution in [3.05, 3.63) is 29.8 Å². The minimum absolute atomic E-state index is 0.00177. The van der Waals surface area contributed by atoms with Crippen molar-refractivity contribution in [2.45, 2.75) is 13.3 Å². The minimum Gasteiger partial charge on any atom is -0.481 e. The van der Waals surface area contributed by atoms with Gasteiger partial charge in [0, 0.05) is 46.1 Å². The Bertz CT molecular complexity index is 743. The standard InChI is InChI=1S/C19H25N3O6/c1-13(23)22-9-7-21(8-10-22)12-14(18(25)26)11-17(24)20-16-6-4-3-5-15(16)19(27)28-2/h3-6,14H,7-12H2,1-2H3,(H,20,24)(H,25,26)/t14-/m1/s1. The Balaban J connectivity index is 1.96. The van der Waals surface area contributed by atoms with Crippen molar-refractivity contribution in [3.63, 3.8) is 0 Å². The van der Waals surface area contributed by atoms with E-state index in [0.717, 1.165) is 0 Å². The van der Waals surface area contributed by atoms with Gasteiger partial charge in [0.1, 0.15) is 0 Å². The normalized spacial score (nSPS) is 15.6. The number of nitrogens with one attached hydrogen (secondary N) is 1. The number of nitrogens with zero attached hydrogens (tertiary/aromatic N) is 2. The predicted octanol–water partition coefficient (Wildman–Crippen LogP) is 0.667. The highest BCUT2D eigenvalue weighted by molar-refractivity contribution is 6.01. The summed E-state index contributed by atoms with van der Waals surface area (Å²) in [7, 11) is 1.24. The third-order valence-electron chi connectivity index (χ3n) is 4.68. The molecular weight excluding hydrogens is 366 g/mol. The van der Waals surface area contributed by atoms with E-state index in [0.29, 0.717) is 26.2 Å². The Labute approximate surface area is 163 Å². The second kappa shape index (κ2) is 9.84. The Morgan fingerprint density at radius 2 is 1.79 bits per heavy atom. The fraction of sp³-hybridized carbons (Fsp3) is 0.474. The molecular formula is C19H25N3O6. The number of carboxylic acid groups (broad SMARTS) is 1. The molecule has 2 rings (SSSR count). The van der Waals surface area contributed by atoms with Crippen LogP contribution in [0.2, 0.25) is 0 Å². The maximum atomic E-state index is 12.4. The molecule has 28 heavy (non-hydrogen) atoms. The third-order valence-corrected chi connectivity index (χ3v) is 4.68. The molecule has 1 saturated heterocycles. The van der Waals surface area contributed by atoms with Crippen LogP contribution in [0.1, 0.15) is 23.7 Å². The van der Waals surface area contributed by atoms with Gasteiger partial charge in [-0.25, -0.2) is 4.79 Å². The van der Waals surface area contributed by atoms with Crippen molar-refractivity contribution < 1.29 is 29.0 Å². The number of para-hydroxylation sites is 1. The molecule has 0 saturated carbocycles. The van der Waals surface area contributed by atoms with Crippen LogP contribution in [-0.2, 0) is 19.1 Å². The van der Waals surface area contributed by atoms with Crippen molar-refractivity contribution in [2.24, 2.45) is 5.92 Å². The van der Waals surface area contributed by atoms with E-state index in [1.165, 1.54) is 20.1 Å². The first-order chi connectivity index (χ1) is 13.3. The number of hydrogen-bond acceptors (Lipinski definition) is 6. The molecule has 1 atom stereocenters. The number of hydrogen-bond donors (Lipinski definition) is 2. The molecule has 1 aliphatic heterocycles. The zero-order valence-electron chi connectivity index (χ0n) is 16.0. The summed E-state index contributed by atoms with van der Waals surface area (Å²) >= 11 is 0. The average Bonchev–Trinajstić information content (AvgIpc) is 2.67. The number of carbonyl (C=O) groups excluding carboxylic acids is 3. The number of rotatable bonds is 7. The van der Waals surface area contributed by atoms with E-state index in [2.05, 4.69) is 10.1 Å². The first-order valence-electron chi connectivity index (χ1n) is 8.99. The van der Waals surface area contributed by atoms with Gasteiger partial charge in [-0.3, -0.25) is 19.3 Å². The number of carbonyl (C=O) groups is 4. The number of amides is 2. The molecule has 1 aromatic rings. The number of piperazine rings is 1. The van der Waals surface area contributed by atoms with E-state index in [1.54, 1.807) is 23.1 Å². The minimum atomic E-state index is -1.06. The molecule has 1 aromatic carbocycles. The quantitative estimate of drug-likeness (QED) is 0.656. The lowest BCUT2D eigenvalue weighted by molar-refractivity contribution is -0.144. The monoisotopic (exact) mass is 391 g/mol. The summed E-state index contributed by atoms with van der Waals surface area (Å²) in [5.41, 5.74) is 0.476. The van der Waals surface area contributed by atoms with Gasteiger partial charge >= 0.3 is 11.9 Å². The zero-order chi connectivity index (χ0) is 20.7. The van der Waals surface area contributed by atoms with Gasteiger partial charge in [0.15, 0.2) is 0 Å². The SMILES string of the molecule is COC(=O)c1ccccc1NC(=O)C[C@H](CN1CCN(C(C)=O)CC1)C(=O)O. The number of carboxylic acids is 1. The first-order valence-corrected chi connectivity index (χ1v) is 8.99. The van der Waals surface area contributed by atoms with Crippen LogP contribution in [0.15, 0.2) is 24.3 Å². The molecule has 2 N–H and O–H groups in total. The number of methoxy groups -OCH3 is 1. The summed E-state index contributed by atoms with van der Waals surface area (Å²) in [5, 5.41) is 12.1. The van der Waals surface area contributed by atoms with E-state index in [-0.39, 0.29) is 30.1 Å². The average molecular weight is 391 g/mol. The van der Waals surface area contributed by atoms with Crippen molar-refractivity contribution in [2.75, 3.05) is 45.2 Å². The van der Waals surface area contributed by atoms with E-state index < -0.39 is 23.8 Å². The van der Waals surface area contributed by atoms with Gasteiger partial charge in [0.05, 0.1) is 24.3 Å². The predicted molar refractivity (Wildman–Crippen MR) is 101 cm³/mol. The Morgan fingerprint density at radius 1 is 1.14 bits per heavy atom. The molecule has 1 fully saturated rings. The van der Waals surface area contributed by atoms with Crippen LogP contribution in [0.4, 0.5) is 5.69 Å². The molecule has 1 heterocycles. The van der Waals surface area contributed by atoms with Gasteiger partial charge < -0.3 is 20.1 Å². The largest absolute Gasteiger partial charge is 0.481 e. The van der Waals surface area contributed by atoms with Crippen LogP contribution in [0, 0.1) is 5.92 Å². The first kappa shape index (κ1) is 21.4. The van der Waals surface area contributed by atoms with Gasteiger partial charge in [0.25, 0.3) is 0 Å². The smallest absolute Gasteiger partial charge is 0.339 e. The molecule has 2 amide bonds. The zero-order valence-corrected chi connectivity index (χ0v) is 16.0. The van der Waals surface area contributed by atoms with Crippen LogP contribution < -0.4 is 5.32 Å². The Hall–Kier alpha value is -2.94. The summed E-state index contributed by atoms with van der Waals surface area (Å²) in [6.45, 7) is 3.94. The fourth-order valence-electron chi connectivity index (χ4n) is 3.09. The lowest BCUT2D eigenvalue weighted by Crippen LogP contribution is -2.50. The van der Waals surface area contributed by atoms with E-state index in [9.17, 15) is 24.3 Å². The third kappa shape index (κ3) is 5.78. The number of anilines is 1. The molecule has 9 nitrogen and oxygen atoms in total. The van der Waals surface area contributed by atoms with E-state index in [4.69, 9.17) is 0 Å². The van der Waals surface area contributed by atoms with Crippen molar-refractivity contribution in [1.82, 2.24) is 9.80 Å². The van der Waals surface area contributed by atoms with Crippen LogP contribution in [-0.4, -0.2) is 78.5 Å². The molecule has 0 spiro atoms. The highest BCUT2D eigenvalue weighted by atomic mass is 16.5. The lowest BCUT2D eigenvalue weighted by atomic mass is 10.0. The maximum Gasteiger partial charge on any atom is 0.339 e. The highest BCUT2D eigenvalue weighted by Gasteiger charge is 2.27. The lowest BCUT2D eigenvalue weighted by Gasteiger charge is -2.35. The van der Waals surface area contributed by atoms with Crippen molar-refractivity contribution >= 4 is 29.4 Å². The molecule has 9 heteroatoms. The van der Waals surface area contributed by atoms with Gasteiger partial charge in [0.2, 0.25) is 11.8 Å². The van der Waals surface area contributed by atoms with Gasteiger partial charge in [-0.1, -0.05) is 12.1 Å². The number of benzene rings is 1. The topological polar surface area (TPSA) is 116 Å². The molecule has 0 radical (unpaired) electrons. The van der Waals surface area contributed by atoms with Gasteiger partial charge in [-0.05, 0) is 12.1 Å². The van der Waals surface area contributed by atoms with E-state index in [1.807, 2.05) is 4.90 Å². The van der Waals surface area contributed by atoms with Crippen LogP contribution in [0.3, 0.4) is 0 Å². The Morgan fingerprint density at radius 3 is 2.36 bits per heavy atom. The number of ether oxygens (including phenoxy) is 1. The number of aliphatic carboxylic acids is 1. The number of esters is 1. The summed E-state index contributed by atoms with van der Waals surface area (Å²) in [6.07, 6.45) is -0.224. The molecule has 0 aromatic heterocycles. The van der Waals surface area contributed by atoms with Crippen molar-refractivity contribution in [1.29, 1.82) is 0 Å². The summed E-state index contributed by atoms with van der Waals surface area (Å²) in [4.78, 5) is 50.8. The van der Waals surface area contributed by atoms with Crippen LogP contribution >= 0.6 is 0 Å². The second-order valence-electron chi connectivity index (χ2n) is 6.63. The van der Waals surface area contributed by atoms with Crippen LogP contribution in [0.25, 0.3) is 0 Å². The summed E-state index contributed by atoms with van der Waals surface area (Å²) < 4.78 is 4.68. The summed E-state index contributed by atoms with van der Waals surface area (Å²) in [5.74, 6) is -3.04. The Kier molecular flexibility index (Phi) is 7.51. The van der Waals surface area contributed by atoms with Crippen LogP contribution in [0.5, 0.6) is 0 Å². The molecule has 0 bridgehead atoms. The molecule has 0 aliphatic carbocycles. The maximum absolute atomic E-state index is 12.4. The fourth-order valence-corrected chi connectivity index (χ4v) is 3.09. The van der Waals surface area contributed by atoms with Gasteiger partial charge in [-0.2, -0.15) is 0 Å². The second-order valence-corrected chi connectivity index (χ2v) is 6.63. The van der Waals surface area contributed by atoms with Gasteiger partial charge in [-0.15, -0.1) is 0 Å². The van der Waals surface area contributed by atoms with Crippen molar-refractivity contribution in [3.8, 4) is 0 Å². The summed E-state index contributed by atoms with van der Waals surface area (Å²) in [6, 6.07) is 6.37. The molecule has 152 valence electrons. The molecule has 0 unspecified atom stereocenters. The molecule has 1 aliphatic rings. The van der Waals surface area contributed by atoms with E-state index >= 15 is 0 Å².